The molecule has 3 N–H and O–H groups in total. The van der Waals surface area contributed by atoms with Crippen LogP contribution in [-0.4, -0.2) is 48.4 Å². The third-order valence-corrected chi connectivity index (χ3v) is 3.24. The normalized spacial score (nSPS) is 12.5. The predicted molar refractivity (Wildman–Crippen MR) is 109 cm³/mol. The molecule has 0 aromatic carbocycles. The van der Waals surface area contributed by atoms with Crippen molar-refractivity contribution in [3.8, 4) is 0 Å². The molecular formula is C20H37N3O5. The van der Waals surface area contributed by atoms with Gasteiger partial charge in [0.2, 0.25) is 5.91 Å². The van der Waals surface area contributed by atoms with Crippen LogP contribution >= 0.6 is 0 Å². The maximum atomic E-state index is 12.3. The number of amides is 3. The van der Waals surface area contributed by atoms with Gasteiger partial charge < -0.3 is 25.4 Å². The maximum absolute atomic E-state index is 12.3. The predicted octanol–water partition coefficient (Wildman–Crippen LogP) is 3.27. The Morgan fingerprint density at radius 2 is 1.46 bits per heavy atom. The van der Waals surface area contributed by atoms with Gasteiger partial charge in [-0.1, -0.05) is 6.08 Å². The highest BCUT2D eigenvalue weighted by atomic mass is 16.6. The minimum absolute atomic E-state index is 0.271. The van der Waals surface area contributed by atoms with Gasteiger partial charge in [0.1, 0.15) is 17.2 Å². The summed E-state index contributed by atoms with van der Waals surface area (Å²) in [6.07, 6.45) is 2.94. The lowest BCUT2D eigenvalue weighted by Crippen LogP contribution is -2.48. The molecule has 0 unspecified atom stereocenters. The second-order valence-electron chi connectivity index (χ2n) is 8.49. The molecule has 0 aromatic rings. The molecule has 8 heteroatoms. The van der Waals surface area contributed by atoms with Gasteiger partial charge >= 0.3 is 12.2 Å². The van der Waals surface area contributed by atoms with Gasteiger partial charge in [0, 0.05) is 13.1 Å². The SMILES string of the molecule is C=CCCNC(=O)[C@H](CCCCNC(=O)OC(C)(C)C)NC(=O)OC(C)(C)C. The van der Waals surface area contributed by atoms with Crippen LogP contribution < -0.4 is 16.0 Å². The van der Waals surface area contributed by atoms with E-state index >= 15 is 0 Å². The molecule has 0 fully saturated rings. The molecule has 0 aliphatic rings. The minimum atomic E-state index is -0.707. The summed E-state index contributed by atoms with van der Waals surface area (Å²) in [5.74, 6) is -0.271. The molecule has 8 nitrogen and oxygen atoms in total. The van der Waals surface area contributed by atoms with Gasteiger partial charge in [-0.3, -0.25) is 4.79 Å². The van der Waals surface area contributed by atoms with Gasteiger partial charge in [-0.25, -0.2) is 9.59 Å². The molecule has 0 bridgehead atoms. The van der Waals surface area contributed by atoms with Crippen LogP contribution in [0.25, 0.3) is 0 Å². The van der Waals surface area contributed by atoms with E-state index in [-0.39, 0.29) is 5.91 Å². The third kappa shape index (κ3) is 14.9. The van der Waals surface area contributed by atoms with E-state index in [4.69, 9.17) is 9.47 Å². The first-order valence-electron chi connectivity index (χ1n) is 9.69. The Morgan fingerprint density at radius 1 is 0.893 bits per heavy atom. The number of nitrogens with one attached hydrogen (secondary N) is 3. The lowest BCUT2D eigenvalue weighted by atomic mass is 10.1. The van der Waals surface area contributed by atoms with Gasteiger partial charge in [0.05, 0.1) is 0 Å². The van der Waals surface area contributed by atoms with Gasteiger partial charge in [-0.05, 0) is 67.2 Å². The van der Waals surface area contributed by atoms with Crippen LogP contribution in [0.4, 0.5) is 9.59 Å². The largest absolute Gasteiger partial charge is 0.444 e. The molecule has 0 saturated heterocycles. The Bertz CT molecular complexity index is 521. The van der Waals surface area contributed by atoms with Gasteiger partial charge in [0.15, 0.2) is 0 Å². The Kier molecular flexibility index (Phi) is 11.3. The van der Waals surface area contributed by atoms with Crippen molar-refractivity contribution in [2.75, 3.05) is 13.1 Å². The topological polar surface area (TPSA) is 106 Å². The van der Waals surface area contributed by atoms with Gasteiger partial charge in [0.25, 0.3) is 0 Å². The van der Waals surface area contributed by atoms with E-state index in [1.54, 1.807) is 47.6 Å². The van der Waals surface area contributed by atoms with Crippen LogP contribution in [0.5, 0.6) is 0 Å². The quantitative estimate of drug-likeness (QED) is 0.386. The molecule has 0 spiro atoms. The number of hydrogen-bond acceptors (Lipinski definition) is 5. The Morgan fingerprint density at radius 3 is 2.00 bits per heavy atom. The fraction of sp³-hybridized carbons (Fsp3) is 0.750. The monoisotopic (exact) mass is 399 g/mol. The Labute approximate surface area is 168 Å². The van der Waals surface area contributed by atoms with Crippen LogP contribution in [0.1, 0.15) is 67.2 Å². The van der Waals surface area contributed by atoms with Crippen molar-refractivity contribution in [2.24, 2.45) is 0 Å². The Hall–Kier alpha value is -2.25. The molecule has 0 aliphatic carbocycles. The molecule has 0 radical (unpaired) electrons. The van der Waals surface area contributed by atoms with Crippen molar-refractivity contribution in [3.63, 3.8) is 0 Å². The summed E-state index contributed by atoms with van der Waals surface area (Å²) in [6, 6.07) is -0.707. The van der Waals surface area contributed by atoms with Crippen molar-refractivity contribution in [2.45, 2.75) is 84.5 Å². The van der Waals surface area contributed by atoms with Crippen molar-refractivity contribution in [3.05, 3.63) is 12.7 Å². The fourth-order valence-electron chi connectivity index (χ4n) is 2.12. The highest BCUT2D eigenvalue weighted by Gasteiger charge is 2.24. The van der Waals surface area contributed by atoms with E-state index in [2.05, 4.69) is 22.5 Å². The lowest BCUT2D eigenvalue weighted by Gasteiger charge is -2.23. The zero-order chi connectivity index (χ0) is 21.8. The molecule has 0 aromatic heterocycles. The summed E-state index contributed by atoms with van der Waals surface area (Å²) in [6.45, 7) is 15.2. The number of carbonyl (C=O) groups excluding carboxylic acids is 3. The highest BCUT2D eigenvalue weighted by Crippen LogP contribution is 2.09. The summed E-state index contributed by atoms with van der Waals surface area (Å²) < 4.78 is 10.4. The van der Waals surface area contributed by atoms with E-state index in [1.807, 2.05) is 0 Å². The smallest absolute Gasteiger partial charge is 0.408 e. The first kappa shape index (κ1) is 25.8. The maximum Gasteiger partial charge on any atom is 0.408 e. The molecule has 162 valence electrons. The fourth-order valence-corrected chi connectivity index (χ4v) is 2.12. The molecule has 3 amide bonds. The zero-order valence-electron chi connectivity index (χ0n) is 18.1. The van der Waals surface area contributed by atoms with Crippen LogP contribution in [0, 0.1) is 0 Å². The average molecular weight is 400 g/mol. The number of hydrogen-bond donors (Lipinski definition) is 3. The molecule has 28 heavy (non-hydrogen) atoms. The summed E-state index contributed by atoms with van der Waals surface area (Å²) in [5, 5.41) is 8.06. The molecule has 1 atom stereocenters. The molecule has 0 heterocycles. The van der Waals surface area contributed by atoms with Crippen LogP contribution in [-0.2, 0) is 14.3 Å². The number of carbonyl (C=O) groups is 3. The number of ether oxygens (including phenoxy) is 2. The number of rotatable bonds is 10. The minimum Gasteiger partial charge on any atom is -0.444 e. The van der Waals surface area contributed by atoms with Crippen LogP contribution in [0.15, 0.2) is 12.7 Å². The number of alkyl carbamates (subject to hydrolysis) is 2. The van der Waals surface area contributed by atoms with Crippen molar-refractivity contribution < 1.29 is 23.9 Å². The molecule has 0 aliphatic heterocycles. The van der Waals surface area contributed by atoms with Crippen molar-refractivity contribution >= 4 is 18.1 Å². The summed E-state index contributed by atoms with van der Waals surface area (Å²) >= 11 is 0. The average Bonchev–Trinajstić information content (AvgIpc) is 2.50. The highest BCUT2D eigenvalue weighted by molar-refractivity contribution is 5.85. The van der Waals surface area contributed by atoms with Gasteiger partial charge in [-0.15, -0.1) is 6.58 Å². The van der Waals surface area contributed by atoms with Crippen LogP contribution in [0.3, 0.4) is 0 Å². The van der Waals surface area contributed by atoms with E-state index < -0.39 is 29.4 Å². The summed E-state index contributed by atoms with van der Waals surface area (Å²) in [5.41, 5.74) is -1.19. The summed E-state index contributed by atoms with van der Waals surface area (Å²) in [4.78, 5) is 36.0. The van der Waals surface area contributed by atoms with E-state index in [1.165, 1.54) is 0 Å². The van der Waals surface area contributed by atoms with E-state index in [0.29, 0.717) is 38.8 Å². The standard InChI is InChI=1S/C20H37N3O5/c1-8-9-13-21-16(24)15(23-18(26)28-20(5,6)7)12-10-11-14-22-17(25)27-19(2,3)4/h8,15H,1,9-14H2,2-7H3,(H,21,24)(H,22,25)(H,23,26)/t15-/m0/s1. The molecule has 0 saturated carbocycles. The van der Waals surface area contributed by atoms with Crippen LogP contribution in [0.2, 0.25) is 0 Å². The van der Waals surface area contributed by atoms with Crippen molar-refractivity contribution in [1.82, 2.24) is 16.0 Å². The summed E-state index contributed by atoms with van der Waals surface area (Å²) in [7, 11) is 0. The lowest BCUT2D eigenvalue weighted by molar-refractivity contribution is -0.123. The van der Waals surface area contributed by atoms with Crippen molar-refractivity contribution in [1.29, 1.82) is 0 Å². The molecule has 0 rings (SSSR count). The second-order valence-corrected chi connectivity index (χ2v) is 8.49. The zero-order valence-corrected chi connectivity index (χ0v) is 18.1. The third-order valence-electron chi connectivity index (χ3n) is 3.24. The van der Waals surface area contributed by atoms with Gasteiger partial charge in [-0.2, -0.15) is 0 Å². The first-order chi connectivity index (χ1) is 12.8. The van der Waals surface area contributed by atoms with E-state index in [0.717, 1.165) is 0 Å². The Balaban J connectivity index is 4.47. The second kappa shape index (κ2) is 12.3. The first-order valence-corrected chi connectivity index (χ1v) is 9.69. The van der Waals surface area contributed by atoms with E-state index in [9.17, 15) is 14.4 Å². The molecular weight excluding hydrogens is 362 g/mol. The number of unbranched alkanes of at least 4 members (excludes halogenated alkanes) is 1.